The molecule has 2 aromatic heterocycles. The Bertz CT molecular complexity index is 1540. The molecule has 8 nitrogen and oxygen atoms in total. The molecule has 4 aromatic rings. The summed E-state index contributed by atoms with van der Waals surface area (Å²) in [7, 11) is -3.92. The Morgan fingerprint density at radius 3 is 2.31 bits per heavy atom. The van der Waals surface area contributed by atoms with Crippen molar-refractivity contribution < 1.29 is 13.2 Å². The topological polar surface area (TPSA) is 106 Å². The highest BCUT2D eigenvalue weighted by Gasteiger charge is 2.18. The van der Waals surface area contributed by atoms with Gasteiger partial charge in [0.2, 0.25) is 0 Å². The van der Waals surface area contributed by atoms with Crippen LogP contribution in [0.4, 0.5) is 4.79 Å². The number of imidazole rings is 1. The van der Waals surface area contributed by atoms with Crippen LogP contribution in [0.1, 0.15) is 60.8 Å². The van der Waals surface area contributed by atoms with Gasteiger partial charge in [0.25, 0.3) is 10.0 Å². The summed E-state index contributed by atoms with van der Waals surface area (Å²) in [5.41, 5.74) is 6.86. The molecule has 2 N–H and O–H groups in total. The highest BCUT2D eigenvalue weighted by Crippen LogP contribution is 2.25. The lowest BCUT2D eigenvalue weighted by atomic mass is 10.1. The molecule has 0 aliphatic heterocycles. The Balaban J connectivity index is 1.42. The Morgan fingerprint density at radius 2 is 1.62 bits per heavy atom. The van der Waals surface area contributed by atoms with E-state index in [1.54, 1.807) is 12.1 Å². The van der Waals surface area contributed by atoms with E-state index < -0.39 is 16.1 Å². The van der Waals surface area contributed by atoms with E-state index in [1.807, 2.05) is 38.1 Å². The van der Waals surface area contributed by atoms with Gasteiger partial charge in [-0.2, -0.15) is 0 Å². The van der Waals surface area contributed by atoms with Crippen molar-refractivity contribution in [3.05, 3.63) is 82.8 Å². The van der Waals surface area contributed by atoms with Crippen LogP contribution >= 0.6 is 0 Å². The molecule has 9 heteroatoms. The predicted octanol–water partition coefficient (Wildman–Crippen LogP) is 5.70. The number of aryl methyl sites for hydroxylation is 4. The molecule has 0 radical (unpaired) electrons. The number of hydrogen-bond donors (Lipinski definition) is 2. The molecule has 39 heavy (non-hydrogen) atoms. The first-order valence-corrected chi connectivity index (χ1v) is 15.0. The molecule has 0 atom stereocenters. The highest BCUT2D eigenvalue weighted by molar-refractivity contribution is 7.90. The van der Waals surface area contributed by atoms with Crippen molar-refractivity contribution in [1.82, 2.24) is 24.6 Å². The van der Waals surface area contributed by atoms with Crippen LogP contribution in [-0.4, -0.2) is 35.5 Å². The molecule has 0 aliphatic carbocycles. The Morgan fingerprint density at radius 1 is 0.897 bits per heavy atom. The van der Waals surface area contributed by atoms with Gasteiger partial charge in [-0.15, -0.1) is 0 Å². The van der Waals surface area contributed by atoms with E-state index in [0.29, 0.717) is 13.0 Å². The Labute approximate surface area is 230 Å². The van der Waals surface area contributed by atoms with Crippen LogP contribution in [0.25, 0.3) is 16.9 Å². The maximum Gasteiger partial charge on any atom is 0.328 e. The van der Waals surface area contributed by atoms with Crippen LogP contribution in [0.15, 0.2) is 59.5 Å². The van der Waals surface area contributed by atoms with Gasteiger partial charge in [-0.05, 0) is 75.1 Å². The third-order valence-corrected chi connectivity index (χ3v) is 8.06. The number of unbranched alkanes of at least 4 members (excludes halogenated alkanes) is 3. The normalized spacial score (nSPS) is 11.6. The van der Waals surface area contributed by atoms with Gasteiger partial charge in [-0.3, -0.25) is 4.57 Å². The van der Waals surface area contributed by atoms with E-state index in [-0.39, 0.29) is 4.90 Å². The fourth-order valence-electron chi connectivity index (χ4n) is 4.62. The first-order valence-electron chi connectivity index (χ1n) is 13.5. The fourth-order valence-corrected chi connectivity index (χ4v) is 5.55. The largest absolute Gasteiger partial charge is 0.337 e. The molecule has 0 fully saturated rings. The van der Waals surface area contributed by atoms with Crippen LogP contribution in [0, 0.1) is 20.8 Å². The number of hydrogen-bond acceptors (Lipinski definition) is 5. The Hall–Kier alpha value is -3.72. The first-order chi connectivity index (χ1) is 18.7. The second-order valence-corrected chi connectivity index (χ2v) is 11.7. The van der Waals surface area contributed by atoms with Crippen LogP contribution in [0.2, 0.25) is 0 Å². The number of carbonyl (C=O) groups is 1. The number of pyridine rings is 1. The van der Waals surface area contributed by atoms with Crippen molar-refractivity contribution in [2.24, 2.45) is 0 Å². The number of benzene rings is 2. The van der Waals surface area contributed by atoms with Crippen molar-refractivity contribution >= 4 is 27.2 Å². The van der Waals surface area contributed by atoms with Gasteiger partial charge < -0.3 is 5.32 Å². The SMILES string of the molecule is CCCCCCc1nc2c(C)cc(C)nc2n1-c1ccc(CCNC(=O)NS(=O)(=O)c2ccc(C)cc2)cc1. The van der Waals surface area contributed by atoms with Crippen LogP contribution in [0.3, 0.4) is 0 Å². The van der Waals surface area contributed by atoms with Crippen LogP contribution in [-0.2, 0) is 22.9 Å². The van der Waals surface area contributed by atoms with Gasteiger partial charge in [0.1, 0.15) is 11.3 Å². The van der Waals surface area contributed by atoms with E-state index in [1.165, 1.54) is 31.4 Å². The number of rotatable bonds is 11. The number of fused-ring (bicyclic) bond motifs is 1. The highest BCUT2D eigenvalue weighted by atomic mass is 32.2. The van der Waals surface area contributed by atoms with E-state index in [2.05, 4.69) is 34.5 Å². The molecule has 0 aliphatic rings. The summed E-state index contributed by atoms with van der Waals surface area (Å²) in [5.74, 6) is 1.02. The summed E-state index contributed by atoms with van der Waals surface area (Å²) in [6.07, 6.45) is 6.12. The maximum atomic E-state index is 12.4. The molecule has 0 saturated carbocycles. The summed E-state index contributed by atoms with van der Waals surface area (Å²) >= 11 is 0. The average Bonchev–Trinajstić information content (AvgIpc) is 3.25. The zero-order valence-electron chi connectivity index (χ0n) is 23.1. The molecule has 4 rings (SSSR count). The molecule has 0 bridgehead atoms. The summed E-state index contributed by atoms with van der Waals surface area (Å²) in [6.45, 7) is 8.46. The summed E-state index contributed by atoms with van der Waals surface area (Å²) in [4.78, 5) is 22.1. The van der Waals surface area contributed by atoms with Gasteiger partial charge in [0, 0.05) is 24.3 Å². The lowest BCUT2D eigenvalue weighted by Crippen LogP contribution is -2.40. The average molecular weight is 548 g/mol. The molecule has 0 saturated heterocycles. The second kappa shape index (κ2) is 12.4. The molecule has 0 spiro atoms. The number of amides is 2. The van der Waals surface area contributed by atoms with Gasteiger partial charge in [0.05, 0.1) is 4.90 Å². The number of aromatic nitrogens is 3. The zero-order chi connectivity index (χ0) is 28.0. The fraction of sp³-hybridized carbons (Fsp3) is 0.367. The molecular formula is C30H37N5O3S. The van der Waals surface area contributed by atoms with Crippen molar-refractivity contribution in [1.29, 1.82) is 0 Å². The number of sulfonamides is 1. The third kappa shape index (κ3) is 7.03. The monoisotopic (exact) mass is 547 g/mol. The minimum atomic E-state index is -3.92. The summed E-state index contributed by atoms with van der Waals surface area (Å²) < 4.78 is 29.1. The third-order valence-electron chi connectivity index (χ3n) is 6.71. The number of nitrogens with zero attached hydrogens (tertiary/aromatic N) is 3. The molecule has 2 aromatic carbocycles. The molecule has 2 heterocycles. The van der Waals surface area contributed by atoms with Gasteiger partial charge in [-0.1, -0.05) is 56.0 Å². The maximum absolute atomic E-state index is 12.4. The van der Waals surface area contributed by atoms with E-state index in [9.17, 15) is 13.2 Å². The molecule has 206 valence electrons. The molecular weight excluding hydrogens is 510 g/mol. The van der Waals surface area contributed by atoms with E-state index >= 15 is 0 Å². The van der Waals surface area contributed by atoms with E-state index in [0.717, 1.165) is 57.9 Å². The predicted molar refractivity (Wildman–Crippen MR) is 155 cm³/mol. The van der Waals surface area contributed by atoms with Crippen molar-refractivity contribution in [2.75, 3.05) is 6.54 Å². The van der Waals surface area contributed by atoms with Crippen LogP contribution in [0.5, 0.6) is 0 Å². The zero-order valence-corrected chi connectivity index (χ0v) is 23.9. The molecule has 0 unspecified atom stereocenters. The smallest absolute Gasteiger partial charge is 0.328 e. The first kappa shape index (κ1) is 28.3. The van der Waals surface area contributed by atoms with Crippen molar-refractivity contribution in [3.8, 4) is 5.69 Å². The lowest BCUT2D eigenvalue weighted by molar-refractivity contribution is 0.246. The number of carbonyl (C=O) groups excluding carboxylic acids is 1. The number of nitrogens with one attached hydrogen (secondary N) is 2. The van der Waals surface area contributed by atoms with Crippen molar-refractivity contribution in [2.45, 2.75) is 71.1 Å². The Kier molecular flexibility index (Phi) is 9.01. The van der Waals surface area contributed by atoms with Crippen LogP contribution < -0.4 is 10.0 Å². The summed E-state index contributed by atoms with van der Waals surface area (Å²) in [6, 6.07) is 15.8. The number of urea groups is 1. The molecule has 2 amide bonds. The quantitative estimate of drug-likeness (QED) is 0.234. The van der Waals surface area contributed by atoms with Gasteiger partial charge in [0.15, 0.2) is 5.65 Å². The minimum Gasteiger partial charge on any atom is -0.337 e. The van der Waals surface area contributed by atoms with Crippen molar-refractivity contribution in [3.63, 3.8) is 0 Å². The minimum absolute atomic E-state index is 0.0514. The second-order valence-electron chi connectivity index (χ2n) is 10.0. The van der Waals surface area contributed by atoms with E-state index in [4.69, 9.17) is 9.97 Å². The summed E-state index contributed by atoms with van der Waals surface area (Å²) in [5, 5.41) is 2.64. The van der Waals surface area contributed by atoms with Gasteiger partial charge in [-0.25, -0.2) is 27.9 Å². The standard InChI is InChI=1S/C30H37N5O3S/c1-5-6-7-8-9-27-33-28-22(3)20-23(4)32-29(28)35(27)25-14-12-24(13-15-25)18-19-31-30(36)34-39(37,38)26-16-10-21(2)11-17-26/h10-17,20H,5-9,18-19H2,1-4H3,(H2,31,34,36). The van der Waals surface area contributed by atoms with Gasteiger partial charge >= 0.3 is 6.03 Å². The lowest BCUT2D eigenvalue weighted by Gasteiger charge is -2.11.